The van der Waals surface area contributed by atoms with E-state index in [0.29, 0.717) is 32.8 Å². The molecule has 1 saturated heterocycles. The van der Waals surface area contributed by atoms with Gasteiger partial charge in [0, 0.05) is 32.2 Å². The lowest BCUT2D eigenvalue weighted by Gasteiger charge is -2.33. The minimum atomic E-state index is -0.329. The summed E-state index contributed by atoms with van der Waals surface area (Å²) in [5.41, 5.74) is 0. The van der Waals surface area contributed by atoms with Crippen LogP contribution in [0.25, 0.3) is 0 Å². The zero-order chi connectivity index (χ0) is 13.0. The Hall–Kier alpha value is -2.05. The van der Waals surface area contributed by atoms with Crippen molar-refractivity contribution in [2.45, 2.75) is 6.92 Å². The molecule has 0 aliphatic carbocycles. The molecule has 7 heteroatoms. The molecule has 1 aromatic rings. The summed E-state index contributed by atoms with van der Waals surface area (Å²) in [4.78, 5) is 26.6. The van der Waals surface area contributed by atoms with Gasteiger partial charge in [0.25, 0.3) is 5.91 Å². The van der Waals surface area contributed by atoms with Crippen molar-refractivity contribution >= 4 is 12.0 Å². The molecule has 18 heavy (non-hydrogen) atoms. The molecule has 0 aromatic carbocycles. The van der Waals surface area contributed by atoms with Gasteiger partial charge < -0.3 is 19.1 Å². The van der Waals surface area contributed by atoms with E-state index in [4.69, 9.17) is 9.26 Å². The molecule has 0 unspecified atom stereocenters. The van der Waals surface area contributed by atoms with Gasteiger partial charge >= 0.3 is 6.09 Å². The Morgan fingerprint density at radius 3 is 2.56 bits per heavy atom. The zero-order valence-corrected chi connectivity index (χ0v) is 10.2. The Kier molecular flexibility index (Phi) is 3.81. The normalized spacial score (nSPS) is 15.6. The number of aromatic nitrogens is 1. The summed E-state index contributed by atoms with van der Waals surface area (Å²) in [5.74, 6) is 0.0237. The van der Waals surface area contributed by atoms with Gasteiger partial charge in [0.15, 0.2) is 0 Å². The van der Waals surface area contributed by atoms with Crippen molar-refractivity contribution in [3.05, 3.63) is 18.0 Å². The molecule has 0 N–H and O–H groups in total. The standard InChI is InChI=1S/C11H15N3O4/c1-2-17-11(16)14-7-5-13(6-8-14)10(15)9-3-4-12-18-9/h3-4H,2,5-8H2,1H3. The maximum atomic E-state index is 11.9. The zero-order valence-electron chi connectivity index (χ0n) is 10.2. The lowest BCUT2D eigenvalue weighted by Crippen LogP contribution is -2.50. The summed E-state index contributed by atoms with van der Waals surface area (Å²) >= 11 is 0. The number of amides is 2. The average molecular weight is 253 g/mol. The molecule has 0 saturated carbocycles. The van der Waals surface area contributed by atoms with Crippen molar-refractivity contribution in [2.24, 2.45) is 0 Å². The largest absolute Gasteiger partial charge is 0.450 e. The summed E-state index contributed by atoms with van der Waals surface area (Å²) in [5, 5.41) is 3.50. The van der Waals surface area contributed by atoms with Crippen molar-refractivity contribution in [2.75, 3.05) is 32.8 Å². The van der Waals surface area contributed by atoms with Gasteiger partial charge in [-0.25, -0.2) is 4.79 Å². The first-order chi connectivity index (χ1) is 8.72. The highest BCUT2D eigenvalue weighted by Crippen LogP contribution is 2.09. The Morgan fingerprint density at radius 2 is 2.00 bits per heavy atom. The van der Waals surface area contributed by atoms with Gasteiger partial charge in [-0.1, -0.05) is 5.16 Å². The van der Waals surface area contributed by atoms with Gasteiger partial charge in [0.05, 0.1) is 12.8 Å². The topological polar surface area (TPSA) is 75.9 Å². The molecule has 2 rings (SSSR count). The van der Waals surface area contributed by atoms with Crippen LogP contribution in [0.4, 0.5) is 4.79 Å². The molecule has 1 aliphatic rings. The number of hydrogen-bond acceptors (Lipinski definition) is 5. The lowest BCUT2D eigenvalue weighted by molar-refractivity contribution is 0.0539. The Labute approximate surface area is 104 Å². The van der Waals surface area contributed by atoms with Crippen LogP contribution in [0.2, 0.25) is 0 Å². The van der Waals surface area contributed by atoms with E-state index in [0.717, 1.165) is 0 Å². The van der Waals surface area contributed by atoms with Crippen LogP contribution in [0.15, 0.2) is 16.8 Å². The van der Waals surface area contributed by atoms with Crippen LogP contribution in [-0.4, -0.2) is 59.7 Å². The van der Waals surface area contributed by atoms with E-state index in [2.05, 4.69) is 5.16 Å². The summed E-state index contributed by atoms with van der Waals surface area (Å²) in [7, 11) is 0. The molecule has 98 valence electrons. The van der Waals surface area contributed by atoms with Crippen LogP contribution in [0.1, 0.15) is 17.5 Å². The van der Waals surface area contributed by atoms with Crippen molar-refractivity contribution in [3.63, 3.8) is 0 Å². The second-order valence-electron chi connectivity index (χ2n) is 3.85. The molecular weight excluding hydrogens is 238 g/mol. The summed E-state index contributed by atoms with van der Waals surface area (Å²) in [6, 6.07) is 1.53. The summed E-state index contributed by atoms with van der Waals surface area (Å²) < 4.78 is 9.72. The van der Waals surface area contributed by atoms with Crippen molar-refractivity contribution < 1.29 is 18.8 Å². The molecule has 1 aromatic heterocycles. The number of piperazine rings is 1. The maximum absolute atomic E-state index is 11.9. The summed E-state index contributed by atoms with van der Waals surface area (Å²) in [6.07, 6.45) is 1.10. The first-order valence-corrected chi connectivity index (χ1v) is 5.84. The highest BCUT2D eigenvalue weighted by Gasteiger charge is 2.26. The highest BCUT2D eigenvalue weighted by molar-refractivity contribution is 5.91. The average Bonchev–Trinajstić information content (AvgIpc) is 2.92. The van der Waals surface area contributed by atoms with Crippen LogP contribution in [0.3, 0.4) is 0 Å². The number of hydrogen-bond donors (Lipinski definition) is 0. The number of ether oxygens (including phenoxy) is 1. The predicted molar refractivity (Wildman–Crippen MR) is 61.0 cm³/mol. The highest BCUT2D eigenvalue weighted by atomic mass is 16.6. The Morgan fingerprint density at radius 1 is 1.33 bits per heavy atom. The van der Waals surface area contributed by atoms with Crippen LogP contribution in [-0.2, 0) is 4.74 Å². The van der Waals surface area contributed by atoms with Crippen LogP contribution < -0.4 is 0 Å². The second kappa shape index (κ2) is 5.52. The van der Waals surface area contributed by atoms with E-state index >= 15 is 0 Å². The fraction of sp³-hybridized carbons (Fsp3) is 0.545. The van der Waals surface area contributed by atoms with Crippen molar-refractivity contribution in [1.82, 2.24) is 15.0 Å². The molecular formula is C11H15N3O4. The van der Waals surface area contributed by atoms with Gasteiger partial charge in [-0.05, 0) is 6.92 Å². The van der Waals surface area contributed by atoms with Crippen LogP contribution in [0.5, 0.6) is 0 Å². The smallest absolute Gasteiger partial charge is 0.409 e. The molecule has 1 fully saturated rings. The van der Waals surface area contributed by atoms with Gasteiger partial charge in [0.2, 0.25) is 5.76 Å². The number of carbonyl (C=O) groups is 2. The molecule has 7 nitrogen and oxygen atoms in total. The molecule has 0 atom stereocenters. The monoisotopic (exact) mass is 253 g/mol. The minimum Gasteiger partial charge on any atom is -0.450 e. The third kappa shape index (κ3) is 2.61. The van der Waals surface area contributed by atoms with Gasteiger partial charge in [-0.15, -0.1) is 0 Å². The molecule has 0 spiro atoms. The quantitative estimate of drug-likeness (QED) is 0.771. The Bertz CT molecular complexity index is 410. The fourth-order valence-electron chi connectivity index (χ4n) is 1.79. The van der Waals surface area contributed by atoms with Crippen LogP contribution >= 0.6 is 0 Å². The first-order valence-electron chi connectivity index (χ1n) is 5.84. The van der Waals surface area contributed by atoms with E-state index in [1.807, 2.05) is 0 Å². The maximum Gasteiger partial charge on any atom is 0.409 e. The van der Waals surface area contributed by atoms with E-state index in [-0.39, 0.29) is 17.8 Å². The van der Waals surface area contributed by atoms with E-state index in [9.17, 15) is 9.59 Å². The van der Waals surface area contributed by atoms with Gasteiger partial charge in [-0.2, -0.15) is 0 Å². The lowest BCUT2D eigenvalue weighted by atomic mass is 10.3. The van der Waals surface area contributed by atoms with Crippen molar-refractivity contribution in [3.8, 4) is 0 Å². The third-order valence-corrected chi connectivity index (χ3v) is 2.74. The summed E-state index contributed by atoms with van der Waals surface area (Å²) in [6.45, 7) is 4.01. The number of rotatable bonds is 2. The molecule has 0 radical (unpaired) electrons. The van der Waals surface area contributed by atoms with E-state index in [1.54, 1.807) is 16.7 Å². The second-order valence-corrected chi connectivity index (χ2v) is 3.85. The Balaban J connectivity index is 1.87. The number of nitrogens with zero attached hydrogens (tertiary/aromatic N) is 3. The molecule has 0 bridgehead atoms. The minimum absolute atomic E-state index is 0.198. The predicted octanol–water partition coefficient (Wildman–Crippen LogP) is 0.589. The molecule has 2 amide bonds. The van der Waals surface area contributed by atoms with E-state index < -0.39 is 0 Å². The van der Waals surface area contributed by atoms with Crippen molar-refractivity contribution in [1.29, 1.82) is 0 Å². The third-order valence-electron chi connectivity index (χ3n) is 2.74. The van der Waals surface area contributed by atoms with Gasteiger partial charge in [0.1, 0.15) is 0 Å². The van der Waals surface area contributed by atoms with Crippen LogP contribution in [0, 0.1) is 0 Å². The SMILES string of the molecule is CCOC(=O)N1CCN(C(=O)c2ccno2)CC1. The first kappa shape index (κ1) is 12.4. The van der Waals surface area contributed by atoms with E-state index in [1.165, 1.54) is 12.3 Å². The molecule has 2 heterocycles. The number of carbonyl (C=O) groups excluding carboxylic acids is 2. The molecule has 1 aliphatic heterocycles. The van der Waals surface area contributed by atoms with Gasteiger partial charge in [-0.3, -0.25) is 4.79 Å². The fourth-order valence-corrected chi connectivity index (χ4v) is 1.79.